The third-order valence-corrected chi connectivity index (χ3v) is 5.99. The van der Waals surface area contributed by atoms with Gasteiger partial charge in [-0.3, -0.25) is 19.3 Å². The second kappa shape index (κ2) is 10.1. The number of carbonyl (C=O) groups is 3. The van der Waals surface area contributed by atoms with Crippen molar-refractivity contribution in [1.82, 2.24) is 4.90 Å². The van der Waals surface area contributed by atoms with Crippen LogP contribution in [0.5, 0.6) is 0 Å². The van der Waals surface area contributed by atoms with Crippen molar-refractivity contribution in [2.75, 3.05) is 18.1 Å². The molecule has 3 aromatic rings. The van der Waals surface area contributed by atoms with Crippen molar-refractivity contribution in [2.45, 2.75) is 0 Å². The van der Waals surface area contributed by atoms with Crippen molar-refractivity contribution < 1.29 is 19.1 Å². The molecule has 3 aromatic carbocycles. The number of anilines is 1. The Morgan fingerprint density at radius 2 is 1.41 bits per heavy atom. The molecule has 0 atom stereocenters. The summed E-state index contributed by atoms with van der Waals surface area (Å²) in [5, 5.41) is 0.855. The summed E-state index contributed by atoms with van der Waals surface area (Å²) in [6, 6.07) is 17.4. The minimum absolute atomic E-state index is 0.0435. The monoisotopic (exact) mass is 532 g/mol. The van der Waals surface area contributed by atoms with Gasteiger partial charge in [-0.1, -0.05) is 46.9 Å². The second-order valence-electron chi connectivity index (χ2n) is 7.20. The molecule has 1 aliphatic rings. The SMILES string of the molecule is O=C1c2ccccc2C(=O)N1CCOC(=S)N(C(=O)c1cc(Cl)cc(Cl)c1)c1ccc(Cl)cc1. The lowest BCUT2D eigenvalue weighted by atomic mass is 10.1. The fourth-order valence-electron chi connectivity index (χ4n) is 3.43. The van der Waals surface area contributed by atoms with Gasteiger partial charge in [-0.05, 0) is 66.8 Å². The lowest BCUT2D eigenvalue weighted by Crippen LogP contribution is -2.39. The van der Waals surface area contributed by atoms with Gasteiger partial charge in [-0.2, -0.15) is 0 Å². The van der Waals surface area contributed by atoms with Crippen LogP contribution in [0.2, 0.25) is 15.1 Å². The third-order valence-electron chi connectivity index (χ3n) is 5.00. The molecule has 0 N–H and O–H groups in total. The largest absolute Gasteiger partial charge is 0.468 e. The first-order valence-electron chi connectivity index (χ1n) is 9.94. The molecule has 0 bridgehead atoms. The van der Waals surface area contributed by atoms with E-state index in [1.54, 1.807) is 48.5 Å². The number of thiocarbonyl (C=S) groups is 1. The van der Waals surface area contributed by atoms with Crippen molar-refractivity contribution in [3.8, 4) is 0 Å². The molecule has 3 amide bonds. The number of benzene rings is 3. The molecule has 0 aromatic heterocycles. The van der Waals surface area contributed by atoms with Gasteiger partial charge in [0.2, 0.25) is 0 Å². The maximum atomic E-state index is 13.3. The van der Waals surface area contributed by atoms with Gasteiger partial charge in [0.05, 0.1) is 23.4 Å². The predicted molar refractivity (Wildman–Crippen MR) is 135 cm³/mol. The van der Waals surface area contributed by atoms with Gasteiger partial charge in [0, 0.05) is 20.6 Å². The molecule has 0 radical (unpaired) electrons. The summed E-state index contributed by atoms with van der Waals surface area (Å²) >= 11 is 23.5. The zero-order valence-corrected chi connectivity index (χ0v) is 20.4. The van der Waals surface area contributed by atoms with Gasteiger partial charge in [0.25, 0.3) is 22.9 Å². The molecule has 0 saturated heterocycles. The van der Waals surface area contributed by atoms with Crippen molar-refractivity contribution in [2.24, 2.45) is 0 Å². The van der Waals surface area contributed by atoms with Crippen LogP contribution in [-0.2, 0) is 4.74 Å². The van der Waals surface area contributed by atoms with Crippen molar-refractivity contribution >= 4 is 75.6 Å². The van der Waals surface area contributed by atoms with E-state index in [-0.39, 0.29) is 33.9 Å². The molecule has 0 fully saturated rings. The van der Waals surface area contributed by atoms with E-state index >= 15 is 0 Å². The number of amides is 3. The quantitative estimate of drug-likeness (QED) is 0.302. The van der Waals surface area contributed by atoms with Gasteiger partial charge in [0.1, 0.15) is 6.61 Å². The molecule has 0 saturated carbocycles. The van der Waals surface area contributed by atoms with Crippen LogP contribution < -0.4 is 4.90 Å². The number of imide groups is 1. The number of fused-ring (bicyclic) bond motifs is 1. The average Bonchev–Trinajstić information content (AvgIpc) is 3.05. The molecule has 4 rings (SSSR count). The van der Waals surface area contributed by atoms with E-state index in [0.29, 0.717) is 21.8 Å². The molecular weight excluding hydrogens is 519 g/mol. The summed E-state index contributed by atoms with van der Waals surface area (Å²) in [5.74, 6) is -1.35. The first-order chi connectivity index (χ1) is 16.3. The zero-order valence-electron chi connectivity index (χ0n) is 17.3. The van der Waals surface area contributed by atoms with Crippen molar-refractivity contribution in [3.63, 3.8) is 0 Å². The maximum absolute atomic E-state index is 13.3. The Morgan fingerprint density at radius 3 is 1.97 bits per heavy atom. The van der Waals surface area contributed by atoms with E-state index in [1.807, 2.05) is 0 Å². The van der Waals surface area contributed by atoms with E-state index in [2.05, 4.69) is 0 Å². The van der Waals surface area contributed by atoms with Crippen molar-refractivity contribution in [3.05, 3.63) is 98.5 Å². The molecule has 0 aliphatic carbocycles. The Bertz CT molecular complexity index is 1260. The molecule has 0 unspecified atom stereocenters. The van der Waals surface area contributed by atoms with E-state index in [4.69, 9.17) is 51.8 Å². The first-order valence-corrected chi connectivity index (χ1v) is 11.5. The third kappa shape index (κ3) is 4.93. The van der Waals surface area contributed by atoms with Gasteiger partial charge < -0.3 is 4.74 Å². The van der Waals surface area contributed by atoms with Crippen LogP contribution in [0.1, 0.15) is 31.1 Å². The summed E-state index contributed by atoms with van der Waals surface area (Å²) in [4.78, 5) is 40.7. The normalized spacial score (nSPS) is 12.5. The Balaban J connectivity index is 1.52. The summed E-state index contributed by atoms with van der Waals surface area (Å²) in [6.07, 6.45) is 0. The number of carbonyl (C=O) groups excluding carboxylic acids is 3. The fraction of sp³-hybridized carbons (Fsp3) is 0.0833. The van der Waals surface area contributed by atoms with E-state index in [0.717, 1.165) is 9.80 Å². The topological polar surface area (TPSA) is 66.9 Å². The number of halogens is 3. The number of hydrogen-bond acceptors (Lipinski definition) is 5. The van der Waals surface area contributed by atoms with Crippen LogP contribution in [0.3, 0.4) is 0 Å². The van der Waals surface area contributed by atoms with Crippen LogP contribution in [-0.4, -0.2) is 40.9 Å². The average molecular weight is 534 g/mol. The van der Waals surface area contributed by atoms with Crippen molar-refractivity contribution in [1.29, 1.82) is 0 Å². The number of nitrogens with zero attached hydrogens (tertiary/aromatic N) is 2. The number of hydrogen-bond donors (Lipinski definition) is 0. The Morgan fingerprint density at radius 1 is 0.853 bits per heavy atom. The minimum atomic E-state index is -0.530. The lowest BCUT2D eigenvalue weighted by Gasteiger charge is -2.24. The predicted octanol–water partition coefficient (Wildman–Crippen LogP) is 5.89. The molecule has 10 heteroatoms. The summed E-state index contributed by atoms with van der Waals surface area (Å²) in [5.41, 5.74) is 1.27. The highest BCUT2D eigenvalue weighted by atomic mass is 35.5. The Hall–Kier alpha value is -2.97. The molecule has 172 valence electrons. The molecule has 1 heterocycles. The maximum Gasteiger partial charge on any atom is 0.271 e. The molecule has 6 nitrogen and oxygen atoms in total. The molecular formula is C24H15Cl3N2O4S. The fourth-order valence-corrected chi connectivity index (χ4v) is 4.36. The summed E-state index contributed by atoms with van der Waals surface area (Å²) in [6.45, 7) is -0.157. The van der Waals surface area contributed by atoms with Crippen LogP contribution in [0.25, 0.3) is 0 Å². The zero-order chi connectivity index (χ0) is 24.4. The van der Waals surface area contributed by atoms with Crippen LogP contribution in [0.15, 0.2) is 66.7 Å². The van der Waals surface area contributed by atoms with Gasteiger partial charge in [-0.25, -0.2) is 4.90 Å². The second-order valence-corrected chi connectivity index (χ2v) is 8.86. The first kappa shape index (κ1) is 24.2. The van der Waals surface area contributed by atoms with E-state index < -0.39 is 17.7 Å². The molecule has 1 aliphatic heterocycles. The highest BCUT2D eigenvalue weighted by Crippen LogP contribution is 2.26. The van der Waals surface area contributed by atoms with Crippen LogP contribution >= 0.6 is 47.0 Å². The lowest BCUT2D eigenvalue weighted by molar-refractivity contribution is 0.0627. The number of rotatable bonds is 5. The van der Waals surface area contributed by atoms with Gasteiger partial charge in [-0.15, -0.1) is 0 Å². The minimum Gasteiger partial charge on any atom is -0.468 e. The Kier molecular flexibility index (Phi) is 7.19. The molecule has 0 spiro atoms. The van der Waals surface area contributed by atoms with E-state index in [1.165, 1.54) is 18.2 Å². The molecule has 34 heavy (non-hydrogen) atoms. The van der Waals surface area contributed by atoms with Gasteiger partial charge >= 0.3 is 0 Å². The standard InChI is InChI=1S/C24H15Cl3N2O4S/c25-15-5-7-18(8-6-15)29(21(30)14-11-16(26)13-17(27)12-14)24(34)33-10-9-28-22(31)19-3-1-2-4-20(19)23(28)32/h1-8,11-13H,9-10H2. The van der Waals surface area contributed by atoms with Crippen LogP contribution in [0.4, 0.5) is 5.69 Å². The Labute approximate surface area is 215 Å². The van der Waals surface area contributed by atoms with Gasteiger partial charge in [0.15, 0.2) is 0 Å². The highest BCUT2D eigenvalue weighted by Gasteiger charge is 2.35. The number of ether oxygens (including phenoxy) is 1. The van der Waals surface area contributed by atoms with E-state index in [9.17, 15) is 14.4 Å². The summed E-state index contributed by atoms with van der Waals surface area (Å²) in [7, 11) is 0. The smallest absolute Gasteiger partial charge is 0.271 e. The van der Waals surface area contributed by atoms with Crippen LogP contribution in [0, 0.1) is 0 Å². The summed E-state index contributed by atoms with van der Waals surface area (Å²) < 4.78 is 5.64. The highest BCUT2D eigenvalue weighted by molar-refractivity contribution is 7.80.